The molecule has 8 heteroatoms. The predicted molar refractivity (Wildman–Crippen MR) is 86.8 cm³/mol. The number of aromatic amines is 1. The van der Waals surface area contributed by atoms with Crippen molar-refractivity contribution in [3.05, 3.63) is 35.7 Å². The molecule has 3 heterocycles. The van der Waals surface area contributed by atoms with Gasteiger partial charge in [0.05, 0.1) is 11.6 Å². The highest BCUT2D eigenvalue weighted by atomic mass is 19.1. The van der Waals surface area contributed by atoms with Crippen LogP contribution in [-0.2, 0) is 7.05 Å². The fraction of sp³-hybridized carbons (Fsp3) is 0.500. The van der Waals surface area contributed by atoms with Crippen LogP contribution in [0.1, 0.15) is 43.4 Å². The average Bonchev–Trinajstić information content (AvgIpc) is 3.21. The molecule has 1 aromatic carbocycles. The smallest absolute Gasteiger partial charge is 0.167 e. The third kappa shape index (κ3) is 2.56. The van der Waals surface area contributed by atoms with E-state index in [1.807, 2.05) is 13.1 Å². The molecule has 4 rings (SSSR count). The van der Waals surface area contributed by atoms with E-state index in [0.717, 1.165) is 43.1 Å². The molecule has 0 radical (unpaired) electrons. The van der Waals surface area contributed by atoms with Crippen LogP contribution in [0.5, 0.6) is 0 Å². The normalized spacial score (nSPS) is 18.3. The molecule has 1 aliphatic heterocycles. The number of aryl methyl sites for hydroxylation is 1. The number of hydrogen-bond donors (Lipinski definition) is 1. The van der Waals surface area contributed by atoms with E-state index in [4.69, 9.17) is 0 Å². The van der Waals surface area contributed by atoms with Gasteiger partial charge < -0.3 is 4.98 Å². The predicted octanol–water partition coefficient (Wildman–Crippen LogP) is 2.17. The lowest BCUT2D eigenvalue weighted by Gasteiger charge is -2.34. The molecule has 0 bridgehead atoms. The third-order valence-corrected chi connectivity index (χ3v) is 4.97. The minimum absolute atomic E-state index is 0.180. The lowest BCUT2D eigenvalue weighted by molar-refractivity contribution is 0.152. The molecule has 0 aliphatic carbocycles. The summed E-state index contributed by atoms with van der Waals surface area (Å²) in [6, 6.07) is 5.21. The summed E-state index contributed by atoms with van der Waals surface area (Å²) in [5.41, 5.74) is 1.21. The number of piperidine rings is 1. The van der Waals surface area contributed by atoms with Crippen LogP contribution in [0.3, 0.4) is 0 Å². The van der Waals surface area contributed by atoms with Crippen LogP contribution in [0, 0.1) is 5.82 Å². The van der Waals surface area contributed by atoms with Crippen molar-refractivity contribution in [1.29, 1.82) is 0 Å². The molecule has 0 amide bonds. The number of H-pyrrole nitrogens is 1. The third-order valence-electron chi connectivity index (χ3n) is 4.97. The van der Waals surface area contributed by atoms with Crippen LogP contribution in [0.15, 0.2) is 18.2 Å². The Labute approximate surface area is 138 Å². The van der Waals surface area contributed by atoms with Crippen LogP contribution in [0.4, 0.5) is 4.39 Å². The summed E-state index contributed by atoms with van der Waals surface area (Å²) >= 11 is 0. The molecule has 3 aromatic rings. The number of hydrogen-bond acceptors (Lipinski definition) is 5. The standard InChI is InChI=1S/C16H20FN7/c1-10(16-20-21-22-23(16)2)24-8-6-11(7-9-24)15-18-13-5-3-4-12(17)14(13)19-15/h3-5,10-11H,6-9H2,1-2H3,(H,18,19). The van der Waals surface area contributed by atoms with Crippen molar-refractivity contribution in [3.8, 4) is 0 Å². The molecular weight excluding hydrogens is 309 g/mol. The number of fused-ring (bicyclic) bond motifs is 1. The number of benzene rings is 1. The van der Waals surface area contributed by atoms with E-state index < -0.39 is 0 Å². The van der Waals surface area contributed by atoms with Gasteiger partial charge in [0.1, 0.15) is 11.3 Å². The number of nitrogens with zero attached hydrogens (tertiary/aromatic N) is 6. The van der Waals surface area contributed by atoms with Gasteiger partial charge in [0.15, 0.2) is 11.6 Å². The number of aromatic nitrogens is 6. The van der Waals surface area contributed by atoms with Gasteiger partial charge in [-0.25, -0.2) is 14.1 Å². The zero-order chi connectivity index (χ0) is 16.7. The quantitative estimate of drug-likeness (QED) is 0.797. The number of likely N-dealkylation sites (tertiary alicyclic amines) is 1. The first kappa shape index (κ1) is 15.2. The summed E-state index contributed by atoms with van der Waals surface area (Å²) in [5.74, 6) is 1.83. The molecule has 1 fully saturated rings. The summed E-state index contributed by atoms with van der Waals surface area (Å²) in [6.45, 7) is 4.01. The highest BCUT2D eigenvalue weighted by Crippen LogP contribution is 2.31. The Hall–Kier alpha value is -2.35. The van der Waals surface area contributed by atoms with Gasteiger partial charge in [0.2, 0.25) is 0 Å². The van der Waals surface area contributed by atoms with E-state index in [9.17, 15) is 4.39 Å². The van der Waals surface area contributed by atoms with Gasteiger partial charge in [-0.15, -0.1) is 5.10 Å². The molecule has 1 N–H and O–H groups in total. The Kier molecular flexibility index (Phi) is 3.76. The van der Waals surface area contributed by atoms with Gasteiger partial charge in [0, 0.05) is 13.0 Å². The fourth-order valence-electron chi connectivity index (χ4n) is 3.52. The Morgan fingerprint density at radius 3 is 2.75 bits per heavy atom. The van der Waals surface area contributed by atoms with Crippen LogP contribution in [0.2, 0.25) is 0 Å². The first-order chi connectivity index (χ1) is 11.6. The Balaban J connectivity index is 1.47. The van der Waals surface area contributed by atoms with Crippen LogP contribution >= 0.6 is 0 Å². The van der Waals surface area contributed by atoms with Gasteiger partial charge >= 0.3 is 0 Å². The van der Waals surface area contributed by atoms with Crippen molar-refractivity contribution in [2.75, 3.05) is 13.1 Å². The number of nitrogens with one attached hydrogen (secondary N) is 1. The van der Waals surface area contributed by atoms with E-state index in [-0.39, 0.29) is 11.9 Å². The average molecular weight is 329 g/mol. The molecule has 1 unspecified atom stereocenters. The number of halogens is 1. The highest BCUT2D eigenvalue weighted by molar-refractivity contribution is 5.75. The lowest BCUT2D eigenvalue weighted by atomic mass is 9.95. The topological polar surface area (TPSA) is 75.5 Å². The van der Waals surface area contributed by atoms with Crippen molar-refractivity contribution in [2.24, 2.45) is 7.05 Å². The van der Waals surface area contributed by atoms with Gasteiger partial charge in [-0.2, -0.15) is 0 Å². The maximum Gasteiger partial charge on any atom is 0.167 e. The number of para-hydroxylation sites is 1. The molecule has 1 saturated heterocycles. The minimum Gasteiger partial charge on any atom is -0.342 e. The molecule has 0 saturated carbocycles. The lowest BCUT2D eigenvalue weighted by Crippen LogP contribution is -2.36. The van der Waals surface area contributed by atoms with Crippen molar-refractivity contribution in [3.63, 3.8) is 0 Å². The van der Waals surface area contributed by atoms with Crippen molar-refractivity contribution in [2.45, 2.75) is 31.7 Å². The second-order valence-electron chi connectivity index (χ2n) is 6.40. The largest absolute Gasteiger partial charge is 0.342 e. The zero-order valence-electron chi connectivity index (χ0n) is 13.8. The molecule has 24 heavy (non-hydrogen) atoms. The Bertz CT molecular complexity index is 847. The number of rotatable bonds is 3. The van der Waals surface area contributed by atoms with E-state index in [0.29, 0.717) is 11.4 Å². The second-order valence-corrected chi connectivity index (χ2v) is 6.40. The van der Waals surface area contributed by atoms with E-state index in [1.165, 1.54) is 6.07 Å². The SMILES string of the molecule is CC(c1nnnn1C)N1CCC(c2nc3c(F)cccc3[nH]2)CC1. The first-order valence-electron chi connectivity index (χ1n) is 8.24. The molecule has 0 spiro atoms. The zero-order valence-corrected chi connectivity index (χ0v) is 13.8. The summed E-state index contributed by atoms with van der Waals surface area (Å²) in [4.78, 5) is 10.1. The van der Waals surface area contributed by atoms with E-state index in [2.05, 4.69) is 37.3 Å². The Morgan fingerprint density at radius 2 is 2.08 bits per heavy atom. The first-order valence-corrected chi connectivity index (χ1v) is 8.24. The van der Waals surface area contributed by atoms with E-state index >= 15 is 0 Å². The maximum absolute atomic E-state index is 13.8. The fourth-order valence-corrected chi connectivity index (χ4v) is 3.52. The molecular formula is C16H20FN7. The van der Waals surface area contributed by atoms with E-state index in [1.54, 1.807) is 10.7 Å². The minimum atomic E-state index is -0.268. The van der Waals surface area contributed by atoms with Crippen molar-refractivity contribution < 1.29 is 4.39 Å². The van der Waals surface area contributed by atoms with Crippen molar-refractivity contribution >= 4 is 11.0 Å². The molecule has 1 atom stereocenters. The van der Waals surface area contributed by atoms with Gasteiger partial charge in [-0.1, -0.05) is 6.07 Å². The molecule has 1 aliphatic rings. The van der Waals surface area contributed by atoms with Crippen LogP contribution < -0.4 is 0 Å². The number of imidazole rings is 1. The molecule has 7 nitrogen and oxygen atoms in total. The highest BCUT2D eigenvalue weighted by Gasteiger charge is 2.28. The maximum atomic E-state index is 13.8. The summed E-state index contributed by atoms with van der Waals surface area (Å²) in [5, 5.41) is 11.7. The van der Waals surface area contributed by atoms with Crippen molar-refractivity contribution in [1.82, 2.24) is 35.1 Å². The summed E-state index contributed by atoms with van der Waals surface area (Å²) < 4.78 is 15.5. The summed E-state index contributed by atoms with van der Waals surface area (Å²) in [6.07, 6.45) is 1.97. The summed E-state index contributed by atoms with van der Waals surface area (Å²) in [7, 11) is 1.86. The number of tetrazole rings is 1. The van der Waals surface area contributed by atoms with Gasteiger partial charge in [0.25, 0.3) is 0 Å². The monoisotopic (exact) mass is 329 g/mol. The van der Waals surface area contributed by atoms with Crippen LogP contribution in [-0.4, -0.2) is 48.2 Å². The van der Waals surface area contributed by atoms with Gasteiger partial charge in [-0.05, 0) is 55.4 Å². The second kappa shape index (κ2) is 5.94. The van der Waals surface area contributed by atoms with Crippen LogP contribution in [0.25, 0.3) is 11.0 Å². The Morgan fingerprint density at radius 1 is 1.29 bits per heavy atom. The van der Waals surface area contributed by atoms with Gasteiger partial charge in [-0.3, -0.25) is 4.90 Å². The molecule has 2 aromatic heterocycles. The molecule has 126 valence electrons.